The van der Waals surface area contributed by atoms with Gasteiger partial charge in [-0.1, -0.05) is 24.3 Å². The molecule has 1 aliphatic rings. The number of fused-ring (bicyclic) bond motifs is 3. The van der Waals surface area contributed by atoms with E-state index >= 15 is 0 Å². The van der Waals surface area contributed by atoms with Crippen molar-refractivity contribution >= 4 is 23.2 Å². The van der Waals surface area contributed by atoms with Crippen molar-refractivity contribution in [3.63, 3.8) is 0 Å². The van der Waals surface area contributed by atoms with Crippen LogP contribution in [-0.2, 0) is 22.4 Å². The Bertz CT molecular complexity index is 753. The third-order valence-corrected chi connectivity index (χ3v) is 5.10. The van der Waals surface area contributed by atoms with Gasteiger partial charge in [0.05, 0.1) is 11.5 Å². The largest absolute Gasteiger partial charge is 0.480 e. The summed E-state index contributed by atoms with van der Waals surface area (Å²) in [6.45, 7) is -0.0605. The van der Waals surface area contributed by atoms with Crippen LogP contribution in [0.1, 0.15) is 20.8 Å². The van der Waals surface area contributed by atoms with Crippen LogP contribution in [0.5, 0.6) is 0 Å². The lowest BCUT2D eigenvalue weighted by Gasteiger charge is -2.15. The van der Waals surface area contributed by atoms with Crippen LogP contribution in [0.15, 0.2) is 30.3 Å². The third-order valence-electron chi connectivity index (χ3n) is 3.90. The van der Waals surface area contributed by atoms with E-state index in [9.17, 15) is 9.59 Å². The predicted molar refractivity (Wildman–Crippen MR) is 87.9 cm³/mol. The standard InChI is InChI=1S/C17H17NO4S/c1-22-9-13(17(20)21)18-16(19)14-8-11-7-6-10-4-2-3-5-12(10)15(11)23-14/h2-5,8,13H,6-7,9H2,1H3,(H,18,19)(H,20,21). The zero-order valence-corrected chi connectivity index (χ0v) is 13.5. The van der Waals surface area contributed by atoms with E-state index in [2.05, 4.69) is 17.4 Å². The maximum atomic E-state index is 12.3. The van der Waals surface area contributed by atoms with Gasteiger partial charge in [-0.2, -0.15) is 0 Å². The molecule has 2 aromatic rings. The molecule has 6 heteroatoms. The van der Waals surface area contributed by atoms with Crippen molar-refractivity contribution in [3.8, 4) is 10.4 Å². The van der Waals surface area contributed by atoms with Crippen LogP contribution in [0.25, 0.3) is 10.4 Å². The Kier molecular flexibility index (Phi) is 4.45. The molecule has 1 amide bonds. The molecular formula is C17H17NO4S. The number of carboxylic acids is 1. The number of aryl methyl sites for hydroxylation is 2. The summed E-state index contributed by atoms with van der Waals surface area (Å²) in [6, 6.07) is 9.02. The van der Waals surface area contributed by atoms with Crippen molar-refractivity contribution in [2.24, 2.45) is 0 Å². The smallest absolute Gasteiger partial charge is 0.328 e. The Labute approximate surface area is 137 Å². The fraction of sp³-hybridized carbons (Fsp3) is 0.294. The van der Waals surface area contributed by atoms with Gasteiger partial charge in [0.2, 0.25) is 0 Å². The third kappa shape index (κ3) is 3.13. The first-order chi connectivity index (χ1) is 11.1. The van der Waals surface area contributed by atoms with Gasteiger partial charge in [0.25, 0.3) is 5.91 Å². The summed E-state index contributed by atoms with van der Waals surface area (Å²) in [7, 11) is 1.41. The fourth-order valence-electron chi connectivity index (χ4n) is 2.75. The van der Waals surface area contributed by atoms with Crippen LogP contribution in [0.4, 0.5) is 0 Å². The van der Waals surface area contributed by atoms with Gasteiger partial charge in [-0.3, -0.25) is 4.79 Å². The average molecular weight is 331 g/mol. The van der Waals surface area contributed by atoms with Gasteiger partial charge in [0, 0.05) is 12.0 Å². The van der Waals surface area contributed by atoms with Gasteiger partial charge >= 0.3 is 5.97 Å². The highest BCUT2D eigenvalue weighted by Gasteiger charge is 2.24. The summed E-state index contributed by atoms with van der Waals surface area (Å²) >= 11 is 1.41. The molecule has 23 heavy (non-hydrogen) atoms. The van der Waals surface area contributed by atoms with Crippen molar-refractivity contribution in [1.29, 1.82) is 0 Å². The maximum absolute atomic E-state index is 12.3. The first-order valence-electron chi connectivity index (χ1n) is 7.33. The van der Waals surface area contributed by atoms with Crippen molar-refractivity contribution in [1.82, 2.24) is 5.32 Å². The van der Waals surface area contributed by atoms with E-state index in [0.29, 0.717) is 4.88 Å². The minimum Gasteiger partial charge on any atom is -0.480 e. The number of benzene rings is 1. The number of carbonyl (C=O) groups excluding carboxylic acids is 1. The van der Waals surface area contributed by atoms with Crippen molar-refractivity contribution < 1.29 is 19.4 Å². The highest BCUT2D eigenvalue weighted by molar-refractivity contribution is 7.17. The Morgan fingerprint density at radius 3 is 2.78 bits per heavy atom. The number of hydrogen-bond donors (Lipinski definition) is 2. The van der Waals surface area contributed by atoms with Gasteiger partial charge in [0.1, 0.15) is 0 Å². The van der Waals surface area contributed by atoms with E-state index in [4.69, 9.17) is 9.84 Å². The summed E-state index contributed by atoms with van der Waals surface area (Å²) < 4.78 is 4.84. The number of amides is 1. The molecule has 0 saturated carbocycles. The number of methoxy groups -OCH3 is 1. The molecule has 120 valence electrons. The van der Waals surface area contributed by atoms with Crippen LogP contribution in [0.3, 0.4) is 0 Å². The van der Waals surface area contributed by atoms with E-state index in [1.54, 1.807) is 0 Å². The van der Waals surface area contributed by atoms with Crippen molar-refractivity contribution in [2.45, 2.75) is 18.9 Å². The lowest BCUT2D eigenvalue weighted by molar-refractivity contribution is -0.140. The lowest BCUT2D eigenvalue weighted by Crippen LogP contribution is -2.43. The second kappa shape index (κ2) is 6.52. The number of aliphatic carboxylic acids is 1. The zero-order chi connectivity index (χ0) is 16.4. The second-order valence-corrected chi connectivity index (χ2v) is 6.49. The van der Waals surface area contributed by atoms with Crippen LogP contribution < -0.4 is 5.32 Å². The van der Waals surface area contributed by atoms with Crippen molar-refractivity contribution in [2.75, 3.05) is 13.7 Å². The monoisotopic (exact) mass is 331 g/mol. The molecule has 0 saturated heterocycles. The number of rotatable bonds is 5. The van der Waals surface area contributed by atoms with Gasteiger partial charge in [-0.25, -0.2) is 4.79 Å². The highest BCUT2D eigenvalue weighted by Crippen LogP contribution is 2.39. The van der Waals surface area contributed by atoms with E-state index in [1.165, 1.54) is 29.6 Å². The number of thiophene rings is 1. The molecule has 1 unspecified atom stereocenters. The van der Waals surface area contributed by atoms with E-state index in [0.717, 1.165) is 23.3 Å². The number of carbonyl (C=O) groups is 2. The van der Waals surface area contributed by atoms with E-state index < -0.39 is 12.0 Å². The molecule has 1 aromatic heterocycles. The molecule has 1 aliphatic carbocycles. The Morgan fingerprint density at radius 1 is 1.30 bits per heavy atom. The molecule has 0 bridgehead atoms. The van der Waals surface area contributed by atoms with Crippen LogP contribution >= 0.6 is 11.3 Å². The SMILES string of the molecule is COCC(NC(=O)c1cc2c(s1)-c1ccccc1CC2)C(=O)O. The summed E-state index contributed by atoms with van der Waals surface area (Å²) in [6.07, 6.45) is 1.86. The molecule has 0 fully saturated rings. The topological polar surface area (TPSA) is 75.6 Å². The molecule has 0 aliphatic heterocycles. The summed E-state index contributed by atoms with van der Waals surface area (Å²) in [5.74, 6) is -1.47. The van der Waals surface area contributed by atoms with Gasteiger partial charge < -0.3 is 15.2 Å². The fourth-order valence-corrected chi connectivity index (χ4v) is 3.93. The lowest BCUT2D eigenvalue weighted by atomic mass is 9.91. The first kappa shape index (κ1) is 15.7. The van der Waals surface area contributed by atoms with Crippen LogP contribution in [0.2, 0.25) is 0 Å². The quantitative estimate of drug-likeness (QED) is 0.882. The number of hydrogen-bond acceptors (Lipinski definition) is 4. The molecule has 1 aromatic carbocycles. The summed E-state index contributed by atoms with van der Waals surface area (Å²) in [5.41, 5.74) is 3.61. The Morgan fingerprint density at radius 2 is 2.04 bits per heavy atom. The molecule has 1 heterocycles. The molecule has 3 rings (SSSR count). The van der Waals surface area contributed by atoms with Crippen LogP contribution in [-0.4, -0.2) is 36.7 Å². The zero-order valence-electron chi connectivity index (χ0n) is 12.7. The highest BCUT2D eigenvalue weighted by atomic mass is 32.1. The molecule has 0 radical (unpaired) electrons. The first-order valence-corrected chi connectivity index (χ1v) is 8.15. The van der Waals surface area contributed by atoms with E-state index in [-0.39, 0.29) is 12.5 Å². The molecular weight excluding hydrogens is 314 g/mol. The maximum Gasteiger partial charge on any atom is 0.328 e. The molecule has 0 spiro atoms. The molecule has 5 nitrogen and oxygen atoms in total. The number of ether oxygens (including phenoxy) is 1. The number of nitrogens with one attached hydrogen (secondary N) is 1. The van der Waals surface area contributed by atoms with Crippen molar-refractivity contribution in [3.05, 3.63) is 46.3 Å². The Balaban J connectivity index is 1.85. The summed E-state index contributed by atoms with van der Waals surface area (Å²) in [4.78, 5) is 25.1. The normalized spacial score (nSPS) is 13.8. The van der Waals surface area contributed by atoms with Gasteiger partial charge in [-0.15, -0.1) is 11.3 Å². The predicted octanol–water partition coefficient (Wildman–Crippen LogP) is 2.34. The molecule has 1 atom stereocenters. The summed E-state index contributed by atoms with van der Waals surface area (Å²) in [5, 5.41) is 11.6. The van der Waals surface area contributed by atoms with E-state index in [1.807, 2.05) is 18.2 Å². The second-order valence-electron chi connectivity index (χ2n) is 5.44. The number of carboxylic acid groups (broad SMARTS) is 1. The Hall–Kier alpha value is -2.18. The average Bonchev–Trinajstić information content (AvgIpc) is 2.99. The molecule has 2 N–H and O–H groups in total. The van der Waals surface area contributed by atoms with Gasteiger partial charge in [-0.05, 0) is 35.6 Å². The minimum absolute atomic E-state index is 0.0605. The van der Waals surface area contributed by atoms with Crippen LogP contribution in [0, 0.1) is 0 Å². The minimum atomic E-state index is -1.10. The van der Waals surface area contributed by atoms with Gasteiger partial charge in [0.15, 0.2) is 6.04 Å².